The molecule has 26 heavy (non-hydrogen) atoms. The predicted octanol–water partition coefficient (Wildman–Crippen LogP) is 2.07. The fourth-order valence-corrected chi connectivity index (χ4v) is 3.64. The van der Waals surface area contributed by atoms with Crippen LogP contribution in [0.1, 0.15) is 52.1 Å². The van der Waals surface area contributed by atoms with Gasteiger partial charge in [0.1, 0.15) is 5.69 Å². The first-order valence-corrected chi connectivity index (χ1v) is 8.93. The molecule has 3 rings (SSSR count). The van der Waals surface area contributed by atoms with E-state index in [0.29, 0.717) is 37.9 Å². The standard InChI is InChI=1S/C19H25N5O2/c1-13(2)24-14(3)11-16(15(24)4)18(25)22-7-9-23(10-8-22)19(26)17-12-20-5-6-21-17/h5-6,11-13H,7-10H2,1-4H3. The van der Waals surface area contributed by atoms with E-state index >= 15 is 0 Å². The molecule has 0 aromatic carbocycles. The number of rotatable bonds is 3. The molecular weight excluding hydrogens is 330 g/mol. The summed E-state index contributed by atoms with van der Waals surface area (Å²) in [5, 5.41) is 0. The van der Waals surface area contributed by atoms with Crippen molar-refractivity contribution < 1.29 is 9.59 Å². The van der Waals surface area contributed by atoms with Crippen LogP contribution in [0.25, 0.3) is 0 Å². The molecule has 7 nitrogen and oxygen atoms in total. The highest BCUT2D eigenvalue weighted by atomic mass is 16.2. The van der Waals surface area contributed by atoms with Gasteiger partial charge in [0.15, 0.2) is 0 Å². The van der Waals surface area contributed by atoms with Gasteiger partial charge < -0.3 is 14.4 Å². The van der Waals surface area contributed by atoms with Crippen molar-refractivity contribution in [1.29, 1.82) is 0 Å². The molecule has 0 unspecified atom stereocenters. The Balaban J connectivity index is 1.68. The zero-order valence-corrected chi connectivity index (χ0v) is 15.8. The lowest BCUT2D eigenvalue weighted by Gasteiger charge is -2.34. The number of amides is 2. The van der Waals surface area contributed by atoms with Gasteiger partial charge in [0, 0.05) is 56.0 Å². The highest BCUT2D eigenvalue weighted by Crippen LogP contribution is 2.22. The second-order valence-corrected chi connectivity index (χ2v) is 6.92. The van der Waals surface area contributed by atoms with Crippen molar-refractivity contribution >= 4 is 11.8 Å². The highest BCUT2D eigenvalue weighted by Gasteiger charge is 2.28. The molecule has 0 bridgehead atoms. The van der Waals surface area contributed by atoms with Gasteiger partial charge in [0.05, 0.1) is 11.8 Å². The van der Waals surface area contributed by atoms with Gasteiger partial charge in [-0.1, -0.05) is 0 Å². The molecule has 2 aromatic heterocycles. The monoisotopic (exact) mass is 355 g/mol. The van der Waals surface area contributed by atoms with Gasteiger partial charge in [0.25, 0.3) is 11.8 Å². The molecule has 7 heteroatoms. The van der Waals surface area contributed by atoms with Crippen molar-refractivity contribution in [2.24, 2.45) is 0 Å². The molecule has 138 valence electrons. The van der Waals surface area contributed by atoms with E-state index in [1.54, 1.807) is 11.1 Å². The Bertz CT molecular complexity index is 805. The van der Waals surface area contributed by atoms with Gasteiger partial charge in [-0.15, -0.1) is 0 Å². The number of piperazine rings is 1. The average molecular weight is 355 g/mol. The molecule has 0 saturated carbocycles. The SMILES string of the molecule is Cc1cc(C(=O)N2CCN(C(=O)c3cnccn3)CC2)c(C)n1C(C)C. The number of hydrogen-bond donors (Lipinski definition) is 0. The number of hydrogen-bond acceptors (Lipinski definition) is 4. The lowest BCUT2D eigenvalue weighted by Crippen LogP contribution is -2.50. The topological polar surface area (TPSA) is 71.3 Å². The highest BCUT2D eigenvalue weighted by molar-refractivity contribution is 5.96. The fourth-order valence-electron chi connectivity index (χ4n) is 3.64. The molecule has 1 saturated heterocycles. The van der Waals surface area contributed by atoms with E-state index in [1.807, 2.05) is 24.8 Å². The van der Waals surface area contributed by atoms with Crippen LogP contribution in [-0.4, -0.2) is 62.3 Å². The Hall–Kier alpha value is -2.70. The first-order chi connectivity index (χ1) is 12.4. The summed E-state index contributed by atoms with van der Waals surface area (Å²) in [6, 6.07) is 2.28. The molecule has 2 aromatic rings. The van der Waals surface area contributed by atoms with Crippen LogP contribution in [0.5, 0.6) is 0 Å². The third-order valence-electron chi connectivity index (χ3n) is 4.87. The molecule has 1 aliphatic heterocycles. The minimum Gasteiger partial charge on any atom is -0.346 e. The Morgan fingerprint density at radius 2 is 1.62 bits per heavy atom. The van der Waals surface area contributed by atoms with E-state index in [0.717, 1.165) is 17.0 Å². The molecule has 0 N–H and O–H groups in total. The number of carbonyl (C=O) groups excluding carboxylic acids is 2. The summed E-state index contributed by atoms with van der Waals surface area (Å²) in [6.45, 7) is 10.3. The second-order valence-electron chi connectivity index (χ2n) is 6.92. The van der Waals surface area contributed by atoms with Gasteiger partial charge in [-0.3, -0.25) is 14.6 Å². The summed E-state index contributed by atoms with van der Waals surface area (Å²) in [4.78, 5) is 36.9. The normalized spacial score (nSPS) is 14.8. The summed E-state index contributed by atoms with van der Waals surface area (Å²) in [6.07, 6.45) is 4.53. The van der Waals surface area contributed by atoms with E-state index in [2.05, 4.69) is 28.4 Å². The van der Waals surface area contributed by atoms with Crippen molar-refractivity contribution in [3.63, 3.8) is 0 Å². The smallest absolute Gasteiger partial charge is 0.274 e. The minimum absolute atomic E-state index is 0.0385. The Morgan fingerprint density at radius 3 is 2.12 bits per heavy atom. The quantitative estimate of drug-likeness (QED) is 0.845. The number of nitrogens with zero attached hydrogens (tertiary/aromatic N) is 5. The maximum atomic E-state index is 12.9. The molecule has 2 amide bonds. The molecular formula is C19H25N5O2. The molecule has 3 heterocycles. The third-order valence-corrected chi connectivity index (χ3v) is 4.87. The lowest BCUT2D eigenvalue weighted by atomic mass is 10.2. The lowest BCUT2D eigenvalue weighted by molar-refractivity contribution is 0.0531. The van der Waals surface area contributed by atoms with Crippen molar-refractivity contribution in [3.05, 3.63) is 47.3 Å². The minimum atomic E-state index is -0.136. The van der Waals surface area contributed by atoms with Gasteiger partial charge in [-0.25, -0.2) is 4.98 Å². The van der Waals surface area contributed by atoms with Crippen molar-refractivity contribution in [3.8, 4) is 0 Å². The van der Waals surface area contributed by atoms with E-state index in [4.69, 9.17) is 0 Å². The molecule has 0 radical (unpaired) electrons. The summed E-state index contributed by atoms with van der Waals surface area (Å²) >= 11 is 0. The van der Waals surface area contributed by atoms with E-state index in [-0.39, 0.29) is 11.8 Å². The van der Waals surface area contributed by atoms with E-state index in [1.165, 1.54) is 12.4 Å². The first-order valence-electron chi connectivity index (χ1n) is 8.93. The second kappa shape index (κ2) is 7.27. The van der Waals surface area contributed by atoms with Gasteiger partial charge in [-0.05, 0) is 33.8 Å². The van der Waals surface area contributed by atoms with Crippen LogP contribution in [0.2, 0.25) is 0 Å². The average Bonchev–Trinajstić information content (AvgIpc) is 2.95. The van der Waals surface area contributed by atoms with Gasteiger partial charge in [-0.2, -0.15) is 0 Å². The van der Waals surface area contributed by atoms with Crippen LogP contribution in [0.4, 0.5) is 0 Å². The van der Waals surface area contributed by atoms with Crippen LogP contribution in [0, 0.1) is 13.8 Å². The molecule has 0 spiro atoms. The largest absolute Gasteiger partial charge is 0.346 e. The van der Waals surface area contributed by atoms with Crippen LogP contribution < -0.4 is 0 Å². The fraction of sp³-hybridized carbons (Fsp3) is 0.474. The van der Waals surface area contributed by atoms with Crippen molar-refractivity contribution in [2.45, 2.75) is 33.7 Å². The number of carbonyl (C=O) groups is 2. The van der Waals surface area contributed by atoms with Crippen LogP contribution >= 0.6 is 0 Å². The van der Waals surface area contributed by atoms with Gasteiger partial charge >= 0.3 is 0 Å². The number of aryl methyl sites for hydroxylation is 1. The first kappa shape index (κ1) is 18.1. The predicted molar refractivity (Wildman–Crippen MR) is 98.1 cm³/mol. The van der Waals surface area contributed by atoms with Crippen LogP contribution in [0.15, 0.2) is 24.7 Å². The summed E-state index contributed by atoms with van der Waals surface area (Å²) < 4.78 is 2.18. The Labute approximate surface area is 153 Å². The maximum Gasteiger partial charge on any atom is 0.274 e. The zero-order chi connectivity index (χ0) is 18.8. The van der Waals surface area contributed by atoms with Crippen molar-refractivity contribution in [1.82, 2.24) is 24.3 Å². The van der Waals surface area contributed by atoms with E-state index in [9.17, 15) is 9.59 Å². The summed E-state index contributed by atoms with van der Waals surface area (Å²) in [5.41, 5.74) is 3.19. The van der Waals surface area contributed by atoms with Gasteiger partial charge in [0.2, 0.25) is 0 Å². The Kier molecular flexibility index (Phi) is 5.06. The Morgan fingerprint density at radius 1 is 1.00 bits per heavy atom. The molecule has 1 fully saturated rings. The molecule has 1 aliphatic rings. The van der Waals surface area contributed by atoms with Crippen LogP contribution in [-0.2, 0) is 0 Å². The maximum absolute atomic E-state index is 12.9. The summed E-state index contributed by atoms with van der Waals surface area (Å²) in [5.74, 6) is -0.0974. The molecule has 0 atom stereocenters. The van der Waals surface area contributed by atoms with E-state index < -0.39 is 0 Å². The number of aromatic nitrogens is 3. The third kappa shape index (κ3) is 3.34. The molecule has 0 aliphatic carbocycles. The van der Waals surface area contributed by atoms with Crippen molar-refractivity contribution in [2.75, 3.05) is 26.2 Å². The van der Waals surface area contributed by atoms with Crippen LogP contribution in [0.3, 0.4) is 0 Å². The summed E-state index contributed by atoms with van der Waals surface area (Å²) in [7, 11) is 0. The zero-order valence-electron chi connectivity index (χ0n) is 15.8.